The van der Waals surface area contributed by atoms with E-state index in [1.54, 1.807) is 30.3 Å². The van der Waals surface area contributed by atoms with Crippen LogP contribution in [-0.2, 0) is 14.3 Å². The molecule has 1 aromatic carbocycles. The van der Waals surface area contributed by atoms with Crippen molar-refractivity contribution in [3.8, 4) is 6.07 Å². The van der Waals surface area contributed by atoms with Gasteiger partial charge < -0.3 is 15.4 Å². The number of hydrogen-bond donors (Lipinski definition) is 2. The molecular formula is C19H23N3O4. The third-order valence-electron chi connectivity index (χ3n) is 4.39. The van der Waals surface area contributed by atoms with Crippen molar-refractivity contribution in [3.63, 3.8) is 0 Å². The van der Waals surface area contributed by atoms with E-state index in [1.165, 1.54) is 6.92 Å². The van der Waals surface area contributed by atoms with Gasteiger partial charge in [0.05, 0.1) is 6.07 Å². The molecule has 26 heavy (non-hydrogen) atoms. The van der Waals surface area contributed by atoms with Crippen LogP contribution in [0.15, 0.2) is 30.3 Å². The van der Waals surface area contributed by atoms with Gasteiger partial charge in [0.2, 0.25) is 0 Å². The lowest BCUT2D eigenvalue weighted by Crippen LogP contribution is -2.52. The number of hydrogen-bond acceptors (Lipinski definition) is 5. The highest BCUT2D eigenvalue weighted by molar-refractivity contribution is 5.96. The summed E-state index contributed by atoms with van der Waals surface area (Å²) in [6.07, 6.45) is 2.97. The maximum atomic E-state index is 12.2. The Bertz CT molecular complexity index is 690. The molecule has 2 amide bonds. The van der Waals surface area contributed by atoms with Gasteiger partial charge in [-0.2, -0.15) is 5.26 Å². The maximum Gasteiger partial charge on any atom is 0.326 e. The van der Waals surface area contributed by atoms with Crippen LogP contribution in [0.1, 0.15) is 49.4 Å². The number of nitrogens with one attached hydrogen (secondary N) is 2. The minimum atomic E-state index is -1.04. The van der Waals surface area contributed by atoms with E-state index in [9.17, 15) is 19.6 Å². The van der Waals surface area contributed by atoms with Gasteiger partial charge in [-0.3, -0.25) is 14.4 Å². The molecule has 7 heteroatoms. The largest absolute Gasteiger partial charge is 0.451 e. The molecule has 7 nitrogen and oxygen atoms in total. The van der Waals surface area contributed by atoms with E-state index in [2.05, 4.69) is 16.7 Å². The van der Waals surface area contributed by atoms with Crippen LogP contribution in [0.25, 0.3) is 0 Å². The topological polar surface area (TPSA) is 108 Å². The molecule has 1 saturated carbocycles. The first-order chi connectivity index (χ1) is 12.5. The molecular weight excluding hydrogens is 334 g/mol. The summed E-state index contributed by atoms with van der Waals surface area (Å²) in [5, 5.41) is 14.5. The fraction of sp³-hybridized carbons (Fsp3) is 0.474. The standard InChI is InChI=1S/C19H23N3O4/c1-14(17(24)22-19(13-20)10-6-3-7-11-19)26-16(23)12-21-18(25)15-8-4-2-5-9-15/h2,4-5,8-9,14H,3,6-7,10-12H2,1H3,(H,21,25)(H,22,24)/t14-/m1/s1. The van der Waals surface area contributed by atoms with E-state index in [0.29, 0.717) is 18.4 Å². The van der Waals surface area contributed by atoms with E-state index in [0.717, 1.165) is 19.3 Å². The molecule has 1 fully saturated rings. The second-order valence-electron chi connectivity index (χ2n) is 6.42. The zero-order valence-corrected chi connectivity index (χ0v) is 14.8. The fourth-order valence-corrected chi connectivity index (χ4v) is 2.89. The highest BCUT2D eigenvalue weighted by Gasteiger charge is 2.35. The monoisotopic (exact) mass is 357 g/mol. The van der Waals surface area contributed by atoms with Gasteiger partial charge in [-0.1, -0.05) is 37.5 Å². The first-order valence-corrected chi connectivity index (χ1v) is 8.72. The zero-order valence-electron chi connectivity index (χ0n) is 14.8. The maximum absolute atomic E-state index is 12.2. The Labute approximate surface area is 152 Å². The second-order valence-corrected chi connectivity index (χ2v) is 6.42. The molecule has 0 saturated heterocycles. The third-order valence-corrected chi connectivity index (χ3v) is 4.39. The summed E-state index contributed by atoms with van der Waals surface area (Å²) in [7, 11) is 0. The summed E-state index contributed by atoms with van der Waals surface area (Å²) in [5.41, 5.74) is -0.447. The molecule has 0 aromatic heterocycles. The van der Waals surface area contributed by atoms with Crippen molar-refractivity contribution in [3.05, 3.63) is 35.9 Å². The van der Waals surface area contributed by atoms with Crippen molar-refractivity contribution in [1.29, 1.82) is 5.26 Å². The first kappa shape index (κ1) is 19.4. The van der Waals surface area contributed by atoms with E-state index in [4.69, 9.17) is 4.74 Å². The van der Waals surface area contributed by atoms with Crippen LogP contribution in [-0.4, -0.2) is 36.0 Å². The van der Waals surface area contributed by atoms with Gasteiger partial charge in [0.15, 0.2) is 6.10 Å². The Morgan fingerprint density at radius 3 is 2.46 bits per heavy atom. The Morgan fingerprint density at radius 2 is 1.85 bits per heavy atom. The molecule has 1 atom stereocenters. The van der Waals surface area contributed by atoms with Crippen molar-refractivity contribution in [2.75, 3.05) is 6.54 Å². The van der Waals surface area contributed by atoms with Crippen LogP contribution in [0.4, 0.5) is 0 Å². The van der Waals surface area contributed by atoms with Gasteiger partial charge in [-0.15, -0.1) is 0 Å². The van der Waals surface area contributed by atoms with Crippen LogP contribution in [0, 0.1) is 11.3 Å². The van der Waals surface area contributed by atoms with Crippen molar-refractivity contribution < 1.29 is 19.1 Å². The predicted molar refractivity (Wildman–Crippen MR) is 93.9 cm³/mol. The lowest BCUT2D eigenvalue weighted by atomic mass is 9.83. The summed E-state index contributed by atoms with van der Waals surface area (Å²) in [4.78, 5) is 36.0. The number of ether oxygens (including phenoxy) is 1. The Morgan fingerprint density at radius 1 is 1.19 bits per heavy atom. The van der Waals surface area contributed by atoms with Gasteiger partial charge in [-0.05, 0) is 31.9 Å². The Kier molecular flexibility index (Phi) is 6.73. The number of amides is 2. The normalized spacial score (nSPS) is 16.6. The van der Waals surface area contributed by atoms with Crippen molar-refractivity contribution in [1.82, 2.24) is 10.6 Å². The van der Waals surface area contributed by atoms with Crippen molar-refractivity contribution >= 4 is 17.8 Å². The van der Waals surface area contributed by atoms with E-state index in [1.807, 2.05) is 0 Å². The van der Waals surface area contributed by atoms with Gasteiger partial charge in [-0.25, -0.2) is 0 Å². The van der Waals surface area contributed by atoms with E-state index in [-0.39, 0.29) is 6.54 Å². The quantitative estimate of drug-likeness (QED) is 0.753. The number of nitriles is 1. The number of carbonyl (C=O) groups excluding carboxylic acids is 3. The first-order valence-electron chi connectivity index (χ1n) is 8.72. The molecule has 1 aliphatic carbocycles. The summed E-state index contributed by atoms with van der Waals surface area (Å²) in [5.74, 6) is -1.62. The molecule has 0 radical (unpaired) electrons. The van der Waals surface area contributed by atoms with Crippen molar-refractivity contribution in [2.45, 2.75) is 50.7 Å². The lowest BCUT2D eigenvalue weighted by molar-refractivity contribution is -0.154. The number of benzene rings is 1. The SMILES string of the molecule is C[C@@H](OC(=O)CNC(=O)c1ccccc1)C(=O)NC1(C#N)CCCCC1. The average Bonchev–Trinajstić information content (AvgIpc) is 2.67. The summed E-state index contributed by atoms with van der Waals surface area (Å²) in [6, 6.07) is 10.7. The van der Waals surface area contributed by atoms with Crippen LogP contribution in [0.3, 0.4) is 0 Å². The number of esters is 1. The van der Waals surface area contributed by atoms with Gasteiger partial charge in [0, 0.05) is 5.56 Å². The van der Waals surface area contributed by atoms with E-state index >= 15 is 0 Å². The molecule has 0 bridgehead atoms. The van der Waals surface area contributed by atoms with Gasteiger partial charge in [0.1, 0.15) is 12.1 Å². The molecule has 1 aromatic rings. The highest BCUT2D eigenvalue weighted by Crippen LogP contribution is 2.27. The predicted octanol–water partition coefficient (Wildman–Crippen LogP) is 1.69. The fourth-order valence-electron chi connectivity index (χ4n) is 2.89. The number of rotatable bonds is 6. The number of nitrogens with zero attached hydrogens (tertiary/aromatic N) is 1. The minimum absolute atomic E-state index is 0.339. The molecule has 2 rings (SSSR count). The second kappa shape index (κ2) is 8.99. The van der Waals surface area contributed by atoms with Crippen LogP contribution >= 0.6 is 0 Å². The molecule has 2 N–H and O–H groups in total. The zero-order chi connectivity index (χ0) is 19.0. The summed E-state index contributed by atoms with van der Waals surface area (Å²) < 4.78 is 5.05. The van der Waals surface area contributed by atoms with Gasteiger partial charge >= 0.3 is 5.97 Å². The average molecular weight is 357 g/mol. The third kappa shape index (κ3) is 5.31. The minimum Gasteiger partial charge on any atom is -0.451 e. The molecule has 0 heterocycles. The molecule has 0 aliphatic heterocycles. The van der Waals surface area contributed by atoms with E-state index < -0.39 is 29.4 Å². The molecule has 0 unspecified atom stereocenters. The lowest BCUT2D eigenvalue weighted by Gasteiger charge is -2.32. The Hall–Kier alpha value is -2.88. The van der Waals surface area contributed by atoms with Gasteiger partial charge in [0.25, 0.3) is 11.8 Å². The smallest absolute Gasteiger partial charge is 0.326 e. The number of carbonyl (C=O) groups is 3. The highest BCUT2D eigenvalue weighted by atomic mass is 16.5. The summed E-state index contributed by atoms with van der Waals surface area (Å²) >= 11 is 0. The Balaban J connectivity index is 1.80. The van der Waals surface area contributed by atoms with Crippen LogP contribution in [0.2, 0.25) is 0 Å². The van der Waals surface area contributed by atoms with Crippen LogP contribution in [0.5, 0.6) is 0 Å². The molecule has 0 spiro atoms. The molecule has 138 valence electrons. The van der Waals surface area contributed by atoms with Crippen LogP contribution < -0.4 is 10.6 Å². The summed E-state index contributed by atoms with van der Waals surface area (Å²) in [6.45, 7) is 1.11. The molecule has 1 aliphatic rings. The van der Waals surface area contributed by atoms with Crippen molar-refractivity contribution in [2.24, 2.45) is 0 Å².